The van der Waals surface area contributed by atoms with Gasteiger partial charge in [-0.2, -0.15) is 4.98 Å². The van der Waals surface area contributed by atoms with Crippen LogP contribution in [0, 0.1) is 0 Å². The number of para-hydroxylation sites is 2. The van der Waals surface area contributed by atoms with Gasteiger partial charge in [0.05, 0.1) is 18.4 Å². The van der Waals surface area contributed by atoms with Gasteiger partial charge in [0.1, 0.15) is 11.6 Å². The van der Waals surface area contributed by atoms with Crippen molar-refractivity contribution in [3.63, 3.8) is 0 Å². The molecule has 7 nitrogen and oxygen atoms in total. The first-order valence-electron chi connectivity index (χ1n) is 7.49. The average Bonchev–Trinajstić information content (AvgIpc) is 2.63. The third-order valence-corrected chi connectivity index (χ3v) is 3.41. The molecule has 0 unspecified atom stereocenters. The van der Waals surface area contributed by atoms with Gasteiger partial charge in [-0.15, -0.1) is 12.4 Å². The fourth-order valence-electron chi connectivity index (χ4n) is 2.20. The summed E-state index contributed by atoms with van der Waals surface area (Å²) in [5.41, 5.74) is 1.71. The topological polar surface area (TPSA) is 96.4 Å². The van der Waals surface area contributed by atoms with Crippen LogP contribution in [0.5, 0.6) is 5.75 Å². The number of carbonyl (C=O) groups is 1. The Bertz CT molecular complexity index is 888. The number of anilines is 4. The number of ether oxygens (including phenoxy) is 1. The molecule has 26 heavy (non-hydrogen) atoms. The summed E-state index contributed by atoms with van der Waals surface area (Å²) in [7, 11) is 1.61. The number of methoxy groups -OCH3 is 1. The van der Waals surface area contributed by atoms with E-state index in [1.54, 1.807) is 31.5 Å². The summed E-state index contributed by atoms with van der Waals surface area (Å²) < 4.78 is 5.30. The second-order valence-electron chi connectivity index (χ2n) is 5.10. The van der Waals surface area contributed by atoms with E-state index in [9.17, 15) is 4.79 Å². The fraction of sp³-hybridized carbons (Fsp3) is 0.0556. The maximum absolute atomic E-state index is 10.9. The number of carboxylic acids is 1. The lowest BCUT2D eigenvalue weighted by Gasteiger charge is -2.11. The van der Waals surface area contributed by atoms with Gasteiger partial charge < -0.3 is 20.5 Å². The molecule has 0 radical (unpaired) electrons. The number of rotatable bonds is 6. The van der Waals surface area contributed by atoms with Crippen LogP contribution < -0.4 is 15.4 Å². The molecule has 3 aromatic rings. The summed E-state index contributed by atoms with van der Waals surface area (Å²) in [6.45, 7) is 0. The Morgan fingerprint density at radius 2 is 1.77 bits per heavy atom. The lowest BCUT2D eigenvalue weighted by atomic mass is 10.2. The number of hydrogen-bond acceptors (Lipinski definition) is 6. The molecule has 0 aliphatic carbocycles. The van der Waals surface area contributed by atoms with Gasteiger partial charge in [-0.1, -0.05) is 12.1 Å². The average molecular weight is 373 g/mol. The maximum Gasteiger partial charge on any atom is 0.335 e. The van der Waals surface area contributed by atoms with Crippen LogP contribution in [0.15, 0.2) is 60.8 Å². The van der Waals surface area contributed by atoms with E-state index in [1.807, 2.05) is 24.3 Å². The first-order chi connectivity index (χ1) is 12.2. The van der Waals surface area contributed by atoms with Crippen molar-refractivity contribution in [2.75, 3.05) is 17.7 Å². The Morgan fingerprint density at radius 1 is 1.04 bits per heavy atom. The van der Waals surface area contributed by atoms with Crippen LogP contribution in [-0.4, -0.2) is 28.2 Å². The standard InChI is InChI=1S/C18H16N4O3.ClH/c1-25-15-5-3-2-4-14(15)21-16-10-11-19-18(22-16)20-13-8-6-12(7-9-13)17(23)24;/h2-11H,1H3,(H,23,24)(H2,19,20,21,22);1H. The highest BCUT2D eigenvalue weighted by Gasteiger charge is 2.06. The highest BCUT2D eigenvalue weighted by Crippen LogP contribution is 2.26. The molecule has 8 heteroatoms. The first kappa shape index (κ1) is 19.0. The van der Waals surface area contributed by atoms with Crippen LogP contribution in [0.25, 0.3) is 0 Å². The third-order valence-electron chi connectivity index (χ3n) is 3.41. The maximum atomic E-state index is 10.9. The Morgan fingerprint density at radius 3 is 2.46 bits per heavy atom. The lowest BCUT2D eigenvalue weighted by Crippen LogP contribution is -2.02. The smallest absolute Gasteiger partial charge is 0.335 e. The molecule has 3 rings (SSSR count). The van der Waals surface area contributed by atoms with Crippen molar-refractivity contribution in [1.82, 2.24) is 9.97 Å². The molecule has 1 aromatic heterocycles. The Labute approximate surface area is 156 Å². The minimum atomic E-state index is -0.967. The number of hydrogen-bond donors (Lipinski definition) is 3. The SMILES string of the molecule is COc1ccccc1Nc1ccnc(Nc2ccc(C(=O)O)cc2)n1.Cl. The number of nitrogens with zero attached hydrogens (tertiary/aromatic N) is 2. The minimum Gasteiger partial charge on any atom is -0.495 e. The van der Waals surface area contributed by atoms with E-state index >= 15 is 0 Å². The van der Waals surface area contributed by atoms with Crippen molar-refractivity contribution in [3.05, 3.63) is 66.4 Å². The third kappa shape index (κ3) is 4.61. The van der Waals surface area contributed by atoms with Gasteiger partial charge in [0, 0.05) is 11.9 Å². The van der Waals surface area contributed by atoms with Crippen LogP contribution in [0.3, 0.4) is 0 Å². The molecule has 0 amide bonds. The van der Waals surface area contributed by atoms with E-state index < -0.39 is 5.97 Å². The summed E-state index contributed by atoms with van der Waals surface area (Å²) in [5, 5.41) is 15.1. The molecular formula is C18H17ClN4O3. The molecule has 0 aliphatic rings. The van der Waals surface area contributed by atoms with Gasteiger partial charge >= 0.3 is 5.97 Å². The summed E-state index contributed by atoms with van der Waals surface area (Å²) in [4.78, 5) is 19.4. The van der Waals surface area contributed by atoms with Crippen molar-refractivity contribution >= 4 is 41.5 Å². The number of aromatic carboxylic acids is 1. The Kier molecular flexibility index (Phi) is 6.35. The Hall–Kier alpha value is -3.32. The van der Waals surface area contributed by atoms with E-state index in [1.165, 1.54) is 12.1 Å². The number of nitrogens with one attached hydrogen (secondary N) is 2. The molecule has 134 valence electrons. The van der Waals surface area contributed by atoms with Crippen LogP contribution in [0.2, 0.25) is 0 Å². The molecule has 3 N–H and O–H groups in total. The van der Waals surface area contributed by atoms with Gasteiger partial charge in [0.2, 0.25) is 5.95 Å². The van der Waals surface area contributed by atoms with Crippen LogP contribution in [0.1, 0.15) is 10.4 Å². The Balaban J connectivity index is 0.00000243. The number of carboxylic acid groups (broad SMARTS) is 1. The molecular weight excluding hydrogens is 356 g/mol. The monoisotopic (exact) mass is 372 g/mol. The van der Waals surface area contributed by atoms with E-state index in [0.29, 0.717) is 23.2 Å². The molecule has 0 atom stereocenters. The molecule has 0 bridgehead atoms. The first-order valence-corrected chi connectivity index (χ1v) is 7.49. The van der Waals surface area contributed by atoms with Crippen LogP contribution >= 0.6 is 12.4 Å². The van der Waals surface area contributed by atoms with E-state index in [4.69, 9.17) is 9.84 Å². The fourth-order valence-corrected chi connectivity index (χ4v) is 2.20. The summed E-state index contributed by atoms with van der Waals surface area (Å²) in [6.07, 6.45) is 1.62. The van der Waals surface area contributed by atoms with Gasteiger partial charge in [0.15, 0.2) is 0 Å². The van der Waals surface area contributed by atoms with E-state index in [-0.39, 0.29) is 18.0 Å². The number of halogens is 1. The largest absolute Gasteiger partial charge is 0.495 e. The summed E-state index contributed by atoms with van der Waals surface area (Å²) in [6, 6.07) is 15.6. The summed E-state index contributed by atoms with van der Waals surface area (Å²) in [5.74, 6) is 0.734. The molecule has 0 saturated heterocycles. The van der Waals surface area contributed by atoms with Crippen molar-refractivity contribution < 1.29 is 14.6 Å². The van der Waals surface area contributed by atoms with Crippen molar-refractivity contribution in [2.24, 2.45) is 0 Å². The van der Waals surface area contributed by atoms with Crippen LogP contribution in [0.4, 0.5) is 23.1 Å². The van der Waals surface area contributed by atoms with Gasteiger partial charge in [-0.25, -0.2) is 9.78 Å². The molecule has 0 aliphatic heterocycles. The van der Waals surface area contributed by atoms with Crippen molar-refractivity contribution in [3.8, 4) is 5.75 Å². The zero-order valence-electron chi connectivity index (χ0n) is 13.8. The van der Waals surface area contributed by atoms with E-state index in [2.05, 4.69) is 20.6 Å². The van der Waals surface area contributed by atoms with Gasteiger partial charge in [-0.05, 0) is 42.5 Å². The normalized spacial score (nSPS) is 9.73. The van der Waals surface area contributed by atoms with Crippen molar-refractivity contribution in [2.45, 2.75) is 0 Å². The number of aromatic nitrogens is 2. The highest BCUT2D eigenvalue weighted by atomic mass is 35.5. The minimum absolute atomic E-state index is 0. The van der Waals surface area contributed by atoms with Gasteiger partial charge in [-0.3, -0.25) is 0 Å². The molecule has 0 saturated carbocycles. The quantitative estimate of drug-likeness (QED) is 0.599. The number of benzene rings is 2. The zero-order valence-corrected chi connectivity index (χ0v) is 14.7. The second kappa shape index (κ2) is 8.68. The highest BCUT2D eigenvalue weighted by molar-refractivity contribution is 5.88. The lowest BCUT2D eigenvalue weighted by molar-refractivity contribution is 0.0697. The predicted octanol–water partition coefficient (Wildman–Crippen LogP) is 4.09. The summed E-state index contributed by atoms with van der Waals surface area (Å²) >= 11 is 0. The van der Waals surface area contributed by atoms with Crippen molar-refractivity contribution in [1.29, 1.82) is 0 Å². The second-order valence-corrected chi connectivity index (χ2v) is 5.10. The van der Waals surface area contributed by atoms with Crippen LogP contribution in [-0.2, 0) is 0 Å². The molecule has 1 heterocycles. The van der Waals surface area contributed by atoms with E-state index in [0.717, 1.165) is 5.69 Å². The predicted molar refractivity (Wildman–Crippen MR) is 102 cm³/mol. The molecule has 2 aromatic carbocycles. The molecule has 0 spiro atoms. The van der Waals surface area contributed by atoms with Gasteiger partial charge in [0.25, 0.3) is 0 Å². The molecule has 0 fully saturated rings. The zero-order chi connectivity index (χ0) is 17.6.